The van der Waals surface area contributed by atoms with Crippen LogP contribution < -0.4 is 16.4 Å². The zero-order valence-corrected chi connectivity index (χ0v) is 33.0. The number of nitrogen functional groups attached to an aromatic ring is 1. The van der Waals surface area contributed by atoms with Crippen LogP contribution in [0.15, 0.2) is 115 Å². The number of anilines is 3. The maximum absolute atomic E-state index is 10.6. The lowest BCUT2D eigenvalue weighted by molar-refractivity contribution is 0.0702. The summed E-state index contributed by atoms with van der Waals surface area (Å²) >= 11 is 11.2. The summed E-state index contributed by atoms with van der Waals surface area (Å²) in [7, 11) is 0. The second-order valence-corrected chi connectivity index (χ2v) is 15.6. The largest absolute Gasteiger partial charge is 0.477 e. The Morgan fingerprint density at radius 2 is 1.36 bits per heavy atom. The lowest BCUT2D eigenvalue weighted by atomic mass is 10.2. The third kappa shape index (κ3) is 14.3. The molecule has 0 atom stereocenters. The maximum atomic E-state index is 10.6. The molecule has 16 heteroatoms. The molecule has 0 spiro atoms. The van der Waals surface area contributed by atoms with Crippen LogP contribution in [0.3, 0.4) is 0 Å². The van der Waals surface area contributed by atoms with E-state index in [9.17, 15) is 4.79 Å². The van der Waals surface area contributed by atoms with Gasteiger partial charge < -0.3 is 26.4 Å². The first-order chi connectivity index (χ1) is 25.8. The molecule has 0 amide bonds. The van der Waals surface area contributed by atoms with Gasteiger partial charge in [-0.05, 0) is 37.1 Å². The summed E-state index contributed by atoms with van der Waals surface area (Å²) < 4.78 is 1.95. The van der Waals surface area contributed by atoms with Crippen LogP contribution >= 0.6 is 58.0 Å². The van der Waals surface area contributed by atoms with Gasteiger partial charge in [-0.25, -0.2) is 19.7 Å². The molecule has 7 aromatic rings. The van der Waals surface area contributed by atoms with E-state index in [-0.39, 0.29) is 27.2 Å². The van der Waals surface area contributed by atoms with Gasteiger partial charge >= 0.3 is 5.97 Å². The number of nitrogens with one attached hydrogen (secondary N) is 2. The molecule has 0 radical (unpaired) electrons. The van der Waals surface area contributed by atoms with Crippen molar-refractivity contribution in [2.24, 2.45) is 0 Å². The van der Waals surface area contributed by atoms with Gasteiger partial charge in [0.2, 0.25) is 0 Å². The molecule has 296 valence electrons. The second kappa shape index (κ2) is 24.5. The van der Waals surface area contributed by atoms with Crippen LogP contribution in [-0.4, -0.2) is 58.3 Å². The average molecular weight is 848 g/mol. The Hall–Kier alpha value is -5.00. The number of thioether (sulfide) groups is 1. The van der Waals surface area contributed by atoms with Gasteiger partial charge in [0.15, 0.2) is 10.3 Å². The molecule has 5 N–H and O–H groups in total. The van der Waals surface area contributed by atoms with Crippen molar-refractivity contribution < 1.29 is 9.90 Å². The fourth-order valence-electron chi connectivity index (χ4n) is 4.46. The van der Waals surface area contributed by atoms with E-state index in [1.54, 1.807) is 47.3 Å². The molecule has 0 aliphatic rings. The number of hydrogen-bond acceptors (Lipinski definition) is 14. The molecule has 0 saturated carbocycles. The lowest BCUT2D eigenvalue weighted by Gasteiger charge is -2.20. The number of pyridine rings is 2. The normalized spacial score (nSPS) is 9.82. The van der Waals surface area contributed by atoms with Gasteiger partial charge in [0.1, 0.15) is 14.2 Å². The molecule has 0 fully saturated rings. The molecular weight excluding hydrogens is 799 g/mol. The molecule has 0 aliphatic heterocycles. The molecule has 2 aromatic carbocycles. The Kier molecular flexibility index (Phi) is 20.6. The SMILES string of the molecule is C.C.C.CCN(CC)C(=S)Sc1cnccc1N.O=C(O)c1cnc(NCc2ccccc2)s1.c1ccc(CNc2ncc(-c3nc4ccncc4s3)s2)cc1. The van der Waals surface area contributed by atoms with Gasteiger partial charge in [0.25, 0.3) is 0 Å². The van der Waals surface area contributed by atoms with Crippen molar-refractivity contribution in [1.29, 1.82) is 0 Å². The van der Waals surface area contributed by atoms with Gasteiger partial charge in [0, 0.05) is 56.7 Å². The zero-order valence-electron chi connectivity index (χ0n) is 28.9. The Morgan fingerprint density at radius 1 is 0.786 bits per heavy atom. The number of thiazole rings is 3. The maximum Gasteiger partial charge on any atom is 0.347 e. The number of rotatable bonds is 11. The first-order valence-corrected chi connectivity index (χ1v) is 20.1. The molecule has 0 unspecified atom stereocenters. The van der Waals surface area contributed by atoms with Crippen LogP contribution in [0.4, 0.5) is 16.0 Å². The number of thiocarbonyl (C=S) groups is 1. The second-order valence-electron chi connectivity index (χ2n) is 10.9. The monoisotopic (exact) mass is 847 g/mol. The van der Waals surface area contributed by atoms with E-state index in [0.717, 1.165) is 76.7 Å². The quantitative estimate of drug-likeness (QED) is 0.0721. The first-order valence-electron chi connectivity index (χ1n) is 16.4. The van der Waals surface area contributed by atoms with E-state index in [1.165, 1.54) is 23.5 Å². The van der Waals surface area contributed by atoms with Crippen LogP contribution in [0.2, 0.25) is 0 Å². The predicted molar refractivity (Wildman–Crippen MR) is 245 cm³/mol. The molecule has 0 bridgehead atoms. The highest BCUT2D eigenvalue weighted by Gasteiger charge is 2.11. The summed E-state index contributed by atoms with van der Waals surface area (Å²) in [5.74, 6) is -0.940. The molecule has 0 aliphatic carbocycles. The number of nitrogens with two attached hydrogens (primary N) is 1. The molecule has 7 rings (SSSR count). The van der Waals surface area contributed by atoms with Gasteiger partial charge in [0.05, 0.1) is 32.4 Å². The molecule has 56 heavy (non-hydrogen) atoms. The van der Waals surface area contributed by atoms with Crippen molar-refractivity contribution in [3.63, 3.8) is 0 Å². The molecular formula is C40H49N9O2S5. The minimum Gasteiger partial charge on any atom is -0.477 e. The average Bonchev–Trinajstić information content (AvgIpc) is 3.96. The van der Waals surface area contributed by atoms with E-state index in [4.69, 9.17) is 23.1 Å². The van der Waals surface area contributed by atoms with E-state index in [1.807, 2.05) is 67.0 Å². The van der Waals surface area contributed by atoms with Crippen LogP contribution in [0, 0.1) is 0 Å². The minimum absolute atomic E-state index is 0. The van der Waals surface area contributed by atoms with E-state index >= 15 is 0 Å². The summed E-state index contributed by atoms with van der Waals surface area (Å²) in [4.78, 5) is 36.2. The Morgan fingerprint density at radius 3 is 1.91 bits per heavy atom. The summed E-state index contributed by atoms with van der Waals surface area (Å²) in [5.41, 5.74) is 9.90. The lowest BCUT2D eigenvalue weighted by Crippen LogP contribution is -2.26. The van der Waals surface area contributed by atoms with Crippen molar-refractivity contribution in [2.75, 3.05) is 29.5 Å². The van der Waals surface area contributed by atoms with Crippen molar-refractivity contribution in [3.05, 3.63) is 126 Å². The number of benzene rings is 2. The van der Waals surface area contributed by atoms with Gasteiger partial charge in [-0.15, -0.1) is 11.3 Å². The first kappa shape index (κ1) is 47.2. The Bertz CT molecular complexity index is 2160. The molecule has 5 heterocycles. The van der Waals surface area contributed by atoms with E-state index in [0.29, 0.717) is 11.7 Å². The number of fused-ring (bicyclic) bond motifs is 1. The van der Waals surface area contributed by atoms with Gasteiger partial charge in [-0.1, -0.05) is 130 Å². The summed E-state index contributed by atoms with van der Waals surface area (Å²) in [6, 6.07) is 23.9. The molecule has 11 nitrogen and oxygen atoms in total. The number of nitrogens with zero attached hydrogens (tertiary/aromatic N) is 6. The zero-order chi connectivity index (χ0) is 37.4. The third-order valence-corrected chi connectivity index (χ3v) is 11.8. The van der Waals surface area contributed by atoms with Crippen LogP contribution in [0.5, 0.6) is 0 Å². The topological polar surface area (TPSA) is 155 Å². The Labute approximate surface area is 351 Å². The van der Waals surface area contributed by atoms with Crippen molar-refractivity contribution in [1.82, 2.24) is 29.8 Å². The van der Waals surface area contributed by atoms with Crippen molar-refractivity contribution in [2.45, 2.75) is 54.1 Å². The highest BCUT2D eigenvalue weighted by atomic mass is 32.2. The third-order valence-electron chi connectivity index (χ3n) is 7.23. The molecule has 5 aromatic heterocycles. The van der Waals surface area contributed by atoms with Crippen molar-refractivity contribution >= 4 is 94.4 Å². The van der Waals surface area contributed by atoms with Crippen molar-refractivity contribution in [3.8, 4) is 9.88 Å². The Balaban J connectivity index is 0.000000290. The number of hydrogen-bond donors (Lipinski definition) is 4. The van der Waals surface area contributed by atoms with E-state index < -0.39 is 5.97 Å². The highest BCUT2D eigenvalue weighted by molar-refractivity contribution is 8.23. The fourth-order valence-corrected chi connectivity index (χ4v) is 8.30. The smallest absolute Gasteiger partial charge is 0.347 e. The minimum atomic E-state index is -0.940. The van der Waals surface area contributed by atoms with Gasteiger partial charge in [-0.2, -0.15) is 0 Å². The number of aromatic nitrogens is 5. The number of carboxylic acid groups (broad SMARTS) is 1. The summed E-state index contributed by atoms with van der Waals surface area (Å²) in [6.07, 6.45) is 10.3. The highest BCUT2D eigenvalue weighted by Crippen LogP contribution is 2.34. The molecule has 0 saturated heterocycles. The van der Waals surface area contributed by atoms with E-state index in [2.05, 4.69) is 66.4 Å². The van der Waals surface area contributed by atoms with Crippen LogP contribution in [0.1, 0.15) is 56.9 Å². The summed E-state index contributed by atoms with van der Waals surface area (Å²) in [5, 5.41) is 17.7. The van der Waals surface area contributed by atoms with Crippen LogP contribution in [-0.2, 0) is 13.1 Å². The van der Waals surface area contributed by atoms with Gasteiger partial charge in [-0.3, -0.25) is 9.97 Å². The van der Waals surface area contributed by atoms with Crippen LogP contribution in [0.25, 0.3) is 20.1 Å². The number of carbonyl (C=O) groups is 1. The standard InChI is InChI=1S/C16H12N4S2.C11H10N2O2S.C10H15N3S2.3CH4/c1-2-4-11(5-3-1)8-18-16-19-10-14(22-16)15-20-12-6-7-17-9-13(12)21-15;14-10(15)9-7-13-11(16-9)12-6-8-4-2-1-3-5-8;1-3-13(4-2)10(14)15-9-7-12-6-5-8(9)11;;;/h1-7,9-10H,8H2,(H,18,19);1-5,7H,6H2,(H,12,13)(H,14,15);5-7H,3-4H2,1-2H3,(H2,11,12);3*1H4. The number of carboxylic acids is 1. The summed E-state index contributed by atoms with van der Waals surface area (Å²) in [6.45, 7) is 7.43. The number of aromatic carboxylic acids is 1. The fraction of sp³-hybridized carbons (Fsp3) is 0.225. The predicted octanol–water partition coefficient (Wildman–Crippen LogP) is 11.2.